The summed E-state index contributed by atoms with van der Waals surface area (Å²) in [6.07, 6.45) is 6.70. The van der Waals surface area contributed by atoms with E-state index in [0.717, 1.165) is 0 Å². The molecule has 0 saturated carbocycles. The van der Waals surface area contributed by atoms with Crippen molar-refractivity contribution in [2.24, 2.45) is 7.05 Å². The molecule has 6 heteroatoms. The number of aromatic nitrogens is 3. The lowest BCUT2D eigenvalue weighted by atomic mass is 10.1. The van der Waals surface area contributed by atoms with Crippen LogP contribution in [0.25, 0.3) is 0 Å². The van der Waals surface area contributed by atoms with Crippen LogP contribution >= 0.6 is 0 Å². The number of hydrogen-bond acceptors (Lipinski definition) is 4. The monoisotopic (exact) mass is 270 g/mol. The average Bonchev–Trinajstić information content (AvgIpc) is 2.85. The molecule has 0 fully saturated rings. The molecule has 2 rings (SSSR count). The molecular formula is C14H14N4O2. The Morgan fingerprint density at radius 2 is 2.35 bits per heavy atom. The summed E-state index contributed by atoms with van der Waals surface area (Å²) in [6, 6.07) is 1.61. The molecule has 6 nitrogen and oxygen atoms in total. The van der Waals surface area contributed by atoms with Crippen molar-refractivity contribution in [2.75, 3.05) is 11.9 Å². The molecule has 0 aliphatic carbocycles. The highest BCUT2D eigenvalue weighted by molar-refractivity contribution is 6.05. The molecule has 20 heavy (non-hydrogen) atoms. The third-order valence-corrected chi connectivity index (χ3v) is 2.49. The van der Waals surface area contributed by atoms with E-state index in [2.05, 4.69) is 27.2 Å². The van der Waals surface area contributed by atoms with Crippen molar-refractivity contribution in [3.05, 3.63) is 42.0 Å². The fourth-order valence-electron chi connectivity index (χ4n) is 1.59. The number of carbonyl (C=O) groups is 1. The van der Waals surface area contributed by atoms with Crippen LogP contribution in [0, 0.1) is 11.8 Å². The van der Waals surface area contributed by atoms with Gasteiger partial charge in [-0.3, -0.25) is 14.5 Å². The Morgan fingerprint density at radius 3 is 3.05 bits per heavy atom. The highest BCUT2D eigenvalue weighted by atomic mass is 16.2. The fraction of sp³-hybridized carbons (Fsp3) is 0.214. The van der Waals surface area contributed by atoms with Gasteiger partial charge in [-0.25, -0.2) is 0 Å². The Bertz CT molecular complexity index is 667. The number of nitrogens with one attached hydrogen (secondary N) is 1. The van der Waals surface area contributed by atoms with Gasteiger partial charge in [-0.15, -0.1) is 0 Å². The zero-order valence-corrected chi connectivity index (χ0v) is 11.0. The zero-order valence-electron chi connectivity index (χ0n) is 11.0. The van der Waals surface area contributed by atoms with E-state index in [1.807, 2.05) is 0 Å². The lowest BCUT2D eigenvalue weighted by Gasteiger charge is -2.04. The molecule has 0 radical (unpaired) electrons. The van der Waals surface area contributed by atoms with Crippen molar-refractivity contribution in [1.82, 2.24) is 14.8 Å². The second kappa shape index (κ2) is 6.50. The number of anilines is 1. The Kier molecular flexibility index (Phi) is 4.47. The number of aliphatic hydroxyl groups is 1. The highest BCUT2D eigenvalue weighted by Crippen LogP contribution is 2.10. The van der Waals surface area contributed by atoms with E-state index in [4.69, 9.17) is 5.11 Å². The summed E-state index contributed by atoms with van der Waals surface area (Å²) in [6.45, 7) is -0.00945. The fourth-order valence-corrected chi connectivity index (χ4v) is 1.59. The standard InChI is InChI=1S/C14H14N4O2/c1-18-10-12(9-16-18)17-14(20)13-5-6-15-8-11(13)4-2-3-7-19/h5-6,8-10,19H,3,7H2,1H3,(H,17,20). The van der Waals surface area contributed by atoms with Gasteiger partial charge in [-0.05, 0) is 6.07 Å². The lowest BCUT2D eigenvalue weighted by Crippen LogP contribution is -2.13. The van der Waals surface area contributed by atoms with Crippen LogP contribution in [-0.4, -0.2) is 32.4 Å². The first kappa shape index (κ1) is 13.8. The molecule has 102 valence electrons. The van der Waals surface area contributed by atoms with Crippen LogP contribution in [-0.2, 0) is 7.05 Å². The first-order valence-corrected chi connectivity index (χ1v) is 6.04. The average molecular weight is 270 g/mol. The lowest BCUT2D eigenvalue weighted by molar-refractivity contribution is 0.102. The van der Waals surface area contributed by atoms with Gasteiger partial charge in [0, 0.05) is 32.1 Å². The van der Waals surface area contributed by atoms with Gasteiger partial charge in [0.25, 0.3) is 5.91 Å². The van der Waals surface area contributed by atoms with Crippen LogP contribution < -0.4 is 5.32 Å². The van der Waals surface area contributed by atoms with Gasteiger partial charge in [-0.2, -0.15) is 5.10 Å². The van der Waals surface area contributed by atoms with Crippen molar-refractivity contribution in [3.8, 4) is 11.8 Å². The van der Waals surface area contributed by atoms with Crippen LogP contribution in [0.5, 0.6) is 0 Å². The number of pyridine rings is 1. The normalized spacial score (nSPS) is 9.70. The van der Waals surface area contributed by atoms with E-state index in [0.29, 0.717) is 23.2 Å². The maximum atomic E-state index is 12.2. The molecule has 0 bridgehead atoms. The Balaban J connectivity index is 2.19. The summed E-state index contributed by atoms with van der Waals surface area (Å²) in [4.78, 5) is 16.1. The minimum absolute atomic E-state index is 0.00945. The molecule has 0 aliphatic heterocycles. The molecule has 2 heterocycles. The molecule has 0 atom stereocenters. The van der Waals surface area contributed by atoms with Crippen LogP contribution in [0.15, 0.2) is 30.9 Å². The van der Waals surface area contributed by atoms with Gasteiger partial charge in [0.1, 0.15) is 0 Å². The number of hydrogen-bond donors (Lipinski definition) is 2. The van der Waals surface area contributed by atoms with E-state index < -0.39 is 0 Å². The Hall–Kier alpha value is -2.65. The van der Waals surface area contributed by atoms with Crippen LogP contribution in [0.2, 0.25) is 0 Å². The minimum Gasteiger partial charge on any atom is -0.395 e. The second-order valence-electron chi connectivity index (χ2n) is 4.05. The van der Waals surface area contributed by atoms with E-state index in [-0.39, 0.29) is 12.5 Å². The van der Waals surface area contributed by atoms with Crippen molar-refractivity contribution >= 4 is 11.6 Å². The van der Waals surface area contributed by atoms with Crippen molar-refractivity contribution in [2.45, 2.75) is 6.42 Å². The number of aryl methyl sites for hydroxylation is 1. The van der Waals surface area contributed by atoms with Crippen LogP contribution in [0.1, 0.15) is 22.3 Å². The SMILES string of the molecule is Cn1cc(NC(=O)c2ccncc2C#CCCO)cn1. The molecule has 1 amide bonds. The van der Waals surface area contributed by atoms with Gasteiger partial charge >= 0.3 is 0 Å². The van der Waals surface area contributed by atoms with Crippen molar-refractivity contribution in [3.63, 3.8) is 0 Å². The maximum Gasteiger partial charge on any atom is 0.257 e. The summed E-state index contributed by atoms with van der Waals surface area (Å²) in [5.74, 6) is 5.34. The molecule has 0 spiro atoms. The first-order chi connectivity index (χ1) is 9.70. The smallest absolute Gasteiger partial charge is 0.257 e. The summed E-state index contributed by atoms with van der Waals surface area (Å²) in [7, 11) is 1.77. The quantitative estimate of drug-likeness (QED) is 0.808. The molecule has 2 N–H and O–H groups in total. The van der Waals surface area contributed by atoms with Crippen molar-refractivity contribution in [1.29, 1.82) is 0 Å². The van der Waals surface area contributed by atoms with E-state index >= 15 is 0 Å². The van der Waals surface area contributed by atoms with E-state index in [9.17, 15) is 4.79 Å². The number of nitrogens with zero attached hydrogens (tertiary/aromatic N) is 3. The molecular weight excluding hydrogens is 256 g/mol. The Labute approximate surface area is 116 Å². The third kappa shape index (κ3) is 3.43. The van der Waals surface area contributed by atoms with Gasteiger partial charge < -0.3 is 10.4 Å². The first-order valence-electron chi connectivity index (χ1n) is 6.04. The molecule has 2 aromatic heterocycles. The predicted molar refractivity (Wildman–Crippen MR) is 74.0 cm³/mol. The number of rotatable bonds is 3. The highest BCUT2D eigenvalue weighted by Gasteiger charge is 2.11. The third-order valence-electron chi connectivity index (χ3n) is 2.49. The number of aliphatic hydroxyl groups excluding tert-OH is 1. The Morgan fingerprint density at radius 1 is 1.50 bits per heavy atom. The van der Waals surface area contributed by atoms with E-state index in [1.165, 1.54) is 12.4 Å². The minimum atomic E-state index is -0.270. The topological polar surface area (TPSA) is 80.0 Å². The number of amides is 1. The van der Waals surface area contributed by atoms with Crippen LogP contribution in [0.4, 0.5) is 5.69 Å². The summed E-state index contributed by atoms with van der Waals surface area (Å²) < 4.78 is 1.60. The van der Waals surface area contributed by atoms with Gasteiger partial charge in [0.05, 0.1) is 29.6 Å². The second-order valence-corrected chi connectivity index (χ2v) is 4.05. The predicted octanol–water partition coefficient (Wildman–Crippen LogP) is 0.801. The largest absolute Gasteiger partial charge is 0.395 e. The molecule has 2 aromatic rings. The van der Waals surface area contributed by atoms with Gasteiger partial charge in [0.15, 0.2) is 0 Å². The summed E-state index contributed by atoms with van der Waals surface area (Å²) in [5.41, 5.74) is 1.58. The maximum absolute atomic E-state index is 12.2. The van der Waals surface area contributed by atoms with Gasteiger partial charge in [-0.1, -0.05) is 11.8 Å². The number of carbonyl (C=O) groups excluding carboxylic acids is 1. The van der Waals surface area contributed by atoms with Crippen LogP contribution in [0.3, 0.4) is 0 Å². The molecule has 0 saturated heterocycles. The molecule has 0 aliphatic rings. The summed E-state index contributed by atoms with van der Waals surface area (Å²) >= 11 is 0. The molecule has 0 unspecified atom stereocenters. The zero-order chi connectivity index (χ0) is 14.4. The van der Waals surface area contributed by atoms with E-state index in [1.54, 1.807) is 30.2 Å². The summed E-state index contributed by atoms with van der Waals surface area (Å²) in [5, 5.41) is 15.4. The molecule has 0 aromatic carbocycles. The van der Waals surface area contributed by atoms with Gasteiger partial charge in [0.2, 0.25) is 0 Å². The van der Waals surface area contributed by atoms with Crippen molar-refractivity contribution < 1.29 is 9.90 Å².